The maximum Gasteiger partial charge on any atom is 0.289 e. The molecule has 0 aromatic heterocycles. The molecule has 0 spiro atoms. The van der Waals surface area contributed by atoms with Gasteiger partial charge in [0.25, 0.3) is 11.4 Å². The molecule has 9 heteroatoms. The first kappa shape index (κ1) is 14.8. The monoisotopic (exact) mass is 335 g/mol. The number of fused-ring (bicyclic) bond motifs is 1. The van der Waals surface area contributed by atoms with Crippen LogP contribution in [0, 0.1) is 20.2 Å². The van der Waals surface area contributed by atoms with Crippen molar-refractivity contribution in [1.82, 2.24) is 0 Å². The summed E-state index contributed by atoms with van der Waals surface area (Å²) in [5.74, 6) is 0. The Morgan fingerprint density at radius 1 is 1.27 bits per heavy atom. The summed E-state index contributed by atoms with van der Waals surface area (Å²) in [7, 11) is 0. The molecule has 0 N–H and O–H groups in total. The average molecular weight is 335 g/mol. The zero-order chi connectivity index (χ0) is 15.7. The van der Waals surface area contributed by atoms with Crippen molar-refractivity contribution in [3.8, 4) is 0 Å². The Morgan fingerprint density at radius 2 is 2.09 bits per heavy atom. The van der Waals surface area contributed by atoms with Crippen molar-refractivity contribution in [2.75, 3.05) is 0 Å². The van der Waals surface area contributed by atoms with Crippen LogP contribution in [0.3, 0.4) is 0 Å². The van der Waals surface area contributed by atoms with Crippen molar-refractivity contribution < 1.29 is 9.85 Å². The fourth-order valence-corrected chi connectivity index (χ4v) is 4.48. The van der Waals surface area contributed by atoms with Gasteiger partial charge < -0.3 is 0 Å². The summed E-state index contributed by atoms with van der Waals surface area (Å²) >= 11 is 2.77. The number of rotatable bonds is 4. The second-order valence-electron chi connectivity index (χ2n) is 4.45. The molecule has 1 aliphatic carbocycles. The number of nitrogens with zero attached hydrogens (tertiary/aromatic N) is 3. The standard InChI is InChI=1S/C13H9N3O4S2/c17-15(18)8-5-6-12(10(7-8)16(19)20)22-13-14-9-3-1-2-4-11(9)21-13/h1-2,4-7,13H,3H2. The number of benzene rings is 1. The Labute approximate surface area is 133 Å². The van der Waals surface area contributed by atoms with Gasteiger partial charge in [0.2, 0.25) is 0 Å². The summed E-state index contributed by atoms with van der Waals surface area (Å²) in [5, 5.41) is 21.9. The minimum Gasteiger partial charge on any atom is -0.262 e. The Kier molecular flexibility index (Phi) is 3.99. The van der Waals surface area contributed by atoms with E-state index in [1.807, 2.05) is 18.2 Å². The first-order valence-corrected chi connectivity index (χ1v) is 8.00. The van der Waals surface area contributed by atoms with E-state index in [4.69, 9.17) is 0 Å². The van der Waals surface area contributed by atoms with E-state index < -0.39 is 9.85 Å². The van der Waals surface area contributed by atoms with Gasteiger partial charge in [0.05, 0.1) is 26.5 Å². The molecule has 0 radical (unpaired) electrons. The smallest absolute Gasteiger partial charge is 0.262 e. The first-order valence-electron chi connectivity index (χ1n) is 6.24. The molecule has 22 heavy (non-hydrogen) atoms. The molecule has 112 valence electrons. The molecule has 3 rings (SSSR count). The predicted octanol–water partition coefficient (Wildman–Crippen LogP) is 3.91. The van der Waals surface area contributed by atoms with Crippen LogP contribution in [0.25, 0.3) is 0 Å². The fraction of sp³-hybridized carbons (Fsp3) is 0.154. The van der Waals surface area contributed by atoms with E-state index in [2.05, 4.69) is 4.99 Å². The number of hydrogen-bond acceptors (Lipinski definition) is 7. The van der Waals surface area contributed by atoms with Crippen molar-refractivity contribution in [3.05, 3.63) is 61.6 Å². The maximum atomic E-state index is 11.1. The quantitative estimate of drug-likeness (QED) is 0.611. The normalized spacial score (nSPS) is 19.4. The molecule has 0 saturated heterocycles. The van der Waals surface area contributed by atoms with Crippen molar-refractivity contribution in [2.24, 2.45) is 4.99 Å². The molecular weight excluding hydrogens is 326 g/mol. The van der Waals surface area contributed by atoms with Crippen LogP contribution in [0.4, 0.5) is 11.4 Å². The minimum atomic E-state index is -0.642. The van der Waals surface area contributed by atoms with Crippen molar-refractivity contribution >= 4 is 40.6 Å². The number of nitro groups is 2. The van der Waals surface area contributed by atoms with Gasteiger partial charge in [0.15, 0.2) is 4.71 Å². The number of hydrogen-bond donors (Lipinski definition) is 0. The molecule has 1 atom stereocenters. The fourth-order valence-electron chi connectivity index (χ4n) is 2.04. The zero-order valence-electron chi connectivity index (χ0n) is 11.0. The third kappa shape index (κ3) is 2.90. The molecule has 0 amide bonds. The van der Waals surface area contributed by atoms with E-state index in [1.165, 1.54) is 35.7 Å². The Bertz CT molecular complexity index is 758. The summed E-state index contributed by atoms with van der Waals surface area (Å²) in [4.78, 5) is 26.6. The highest BCUT2D eigenvalue weighted by molar-refractivity contribution is 8.19. The molecule has 1 aromatic carbocycles. The molecular formula is C13H9N3O4S2. The van der Waals surface area contributed by atoms with Gasteiger partial charge in [-0.15, -0.1) is 0 Å². The van der Waals surface area contributed by atoms with E-state index in [1.54, 1.807) is 0 Å². The van der Waals surface area contributed by atoms with Crippen molar-refractivity contribution in [3.63, 3.8) is 0 Å². The SMILES string of the molecule is O=[N+]([O-])c1ccc(SC2N=C3CC=CC=C3S2)c([N+](=O)[O-])c1. The van der Waals surface area contributed by atoms with Gasteiger partial charge in [-0.05, 0) is 12.1 Å². The average Bonchev–Trinajstić information content (AvgIpc) is 2.89. The first-order chi connectivity index (χ1) is 10.5. The van der Waals surface area contributed by atoms with Gasteiger partial charge in [-0.2, -0.15) is 0 Å². The molecule has 1 heterocycles. The molecule has 0 saturated carbocycles. The lowest BCUT2D eigenvalue weighted by atomic mass is 10.1. The Balaban J connectivity index is 1.85. The summed E-state index contributed by atoms with van der Waals surface area (Å²) in [5.41, 5.74) is 0.429. The van der Waals surface area contributed by atoms with Crippen LogP contribution >= 0.6 is 23.5 Å². The van der Waals surface area contributed by atoms with E-state index in [9.17, 15) is 20.2 Å². The minimum absolute atomic E-state index is 0.207. The number of aliphatic imine (C=N–C) groups is 1. The van der Waals surface area contributed by atoms with Crippen LogP contribution in [-0.2, 0) is 0 Å². The molecule has 1 aliphatic heterocycles. The highest BCUT2D eigenvalue weighted by Gasteiger charge is 2.28. The maximum absolute atomic E-state index is 11.1. The lowest BCUT2D eigenvalue weighted by molar-refractivity contribution is -0.396. The van der Waals surface area contributed by atoms with E-state index in [0.717, 1.165) is 23.1 Å². The number of non-ortho nitro benzene ring substituents is 1. The summed E-state index contributed by atoms with van der Waals surface area (Å²) in [6.07, 6.45) is 6.70. The highest BCUT2D eigenvalue weighted by Crippen LogP contribution is 2.45. The molecule has 0 fully saturated rings. The third-order valence-corrected chi connectivity index (χ3v) is 5.46. The van der Waals surface area contributed by atoms with Gasteiger partial charge in [0, 0.05) is 17.4 Å². The summed E-state index contributed by atoms with van der Waals surface area (Å²) in [6, 6.07) is 3.68. The van der Waals surface area contributed by atoms with E-state index in [-0.39, 0.29) is 16.1 Å². The summed E-state index contributed by atoms with van der Waals surface area (Å²) < 4.78 is -0.207. The van der Waals surface area contributed by atoms with Crippen LogP contribution in [0.1, 0.15) is 6.42 Å². The number of nitro benzene ring substituents is 2. The lowest BCUT2D eigenvalue weighted by Gasteiger charge is -2.06. The molecule has 1 aromatic rings. The highest BCUT2D eigenvalue weighted by atomic mass is 32.2. The van der Waals surface area contributed by atoms with E-state index >= 15 is 0 Å². The second-order valence-corrected chi connectivity index (χ2v) is 6.99. The van der Waals surface area contributed by atoms with Crippen LogP contribution < -0.4 is 0 Å². The predicted molar refractivity (Wildman–Crippen MR) is 86.3 cm³/mol. The van der Waals surface area contributed by atoms with Crippen molar-refractivity contribution in [1.29, 1.82) is 0 Å². The van der Waals surface area contributed by atoms with Crippen molar-refractivity contribution in [2.45, 2.75) is 16.0 Å². The number of allylic oxidation sites excluding steroid dienone is 4. The van der Waals surface area contributed by atoms with Crippen LogP contribution in [0.5, 0.6) is 0 Å². The van der Waals surface area contributed by atoms with Crippen LogP contribution in [-0.4, -0.2) is 20.3 Å². The van der Waals surface area contributed by atoms with Crippen LogP contribution in [0.15, 0.2) is 51.2 Å². The molecule has 7 nitrogen and oxygen atoms in total. The third-order valence-electron chi connectivity index (χ3n) is 3.05. The van der Waals surface area contributed by atoms with Gasteiger partial charge in [-0.1, -0.05) is 35.7 Å². The molecule has 1 unspecified atom stereocenters. The largest absolute Gasteiger partial charge is 0.289 e. The van der Waals surface area contributed by atoms with Gasteiger partial charge in [-0.3, -0.25) is 25.2 Å². The van der Waals surface area contributed by atoms with E-state index in [0.29, 0.717) is 4.90 Å². The summed E-state index contributed by atoms with van der Waals surface area (Å²) in [6.45, 7) is 0. The Morgan fingerprint density at radius 3 is 2.77 bits per heavy atom. The molecule has 2 aliphatic rings. The van der Waals surface area contributed by atoms with Gasteiger partial charge in [-0.25, -0.2) is 0 Å². The zero-order valence-corrected chi connectivity index (χ0v) is 12.7. The van der Waals surface area contributed by atoms with Gasteiger partial charge >= 0.3 is 0 Å². The lowest BCUT2D eigenvalue weighted by Crippen LogP contribution is -1.96. The topological polar surface area (TPSA) is 98.6 Å². The molecule has 0 bridgehead atoms. The van der Waals surface area contributed by atoms with Gasteiger partial charge in [0.1, 0.15) is 0 Å². The van der Waals surface area contributed by atoms with Crippen LogP contribution in [0.2, 0.25) is 0 Å². The second kappa shape index (κ2) is 5.93. The number of thioether (sulfide) groups is 2. The Hall–Kier alpha value is -2.13.